The van der Waals surface area contributed by atoms with Gasteiger partial charge >= 0.3 is 0 Å². The molecule has 0 saturated heterocycles. The molecule has 0 amide bonds. The lowest BCUT2D eigenvalue weighted by molar-refractivity contribution is -0.394. The van der Waals surface area contributed by atoms with Crippen molar-refractivity contribution in [3.05, 3.63) is 44.0 Å². The number of nitrogens with zero attached hydrogens (tertiary/aromatic N) is 2. The Kier molecular flexibility index (Phi) is 5.37. The van der Waals surface area contributed by atoms with Gasteiger partial charge in [0.1, 0.15) is 0 Å². The highest BCUT2D eigenvalue weighted by Crippen LogP contribution is 2.26. The van der Waals surface area contributed by atoms with Gasteiger partial charge in [-0.25, -0.2) is 0 Å². The molecule has 0 heterocycles. The molecule has 7 nitrogen and oxygen atoms in total. The maximum atomic E-state index is 10.9. The maximum Gasteiger partial charge on any atom is 0.279 e. The van der Waals surface area contributed by atoms with Crippen molar-refractivity contribution >= 4 is 11.4 Å². The van der Waals surface area contributed by atoms with Gasteiger partial charge < -0.3 is 5.11 Å². The minimum atomic E-state index is -0.664. The Balaban J connectivity index is 2.88. The van der Waals surface area contributed by atoms with Gasteiger partial charge in [-0.1, -0.05) is 13.3 Å². The summed E-state index contributed by atoms with van der Waals surface area (Å²) >= 11 is 0. The second-order valence-corrected chi connectivity index (χ2v) is 4.31. The van der Waals surface area contributed by atoms with E-state index in [0.717, 1.165) is 12.5 Å². The van der Waals surface area contributed by atoms with Crippen LogP contribution in [0.2, 0.25) is 0 Å². The number of aliphatic hydroxyl groups is 1. The summed E-state index contributed by atoms with van der Waals surface area (Å²) < 4.78 is 0. The van der Waals surface area contributed by atoms with Crippen LogP contribution in [0.25, 0.3) is 0 Å². The molecule has 1 aromatic rings. The van der Waals surface area contributed by atoms with E-state index in [4.69, 9.17) is 0 Å². The number of benzene rings is 1. The molecule has 1 atom stereocenters. The summed E-state index contributed by atoms with van der Waals surface area (Å²) in [5.41, 5.74) is -0.159. The zero-order valence-corrected chi connectivity index (χ0v) is 10.6. The first-order valence-electron chi connectivity index (χ1n) is 6.05. The van der Waals surface area contributed by atoms with Crippen LogP contribution >= 0.6 is 0 Å². The molecule has 0 bridgehead atoms. The highest BCUT2D eigenvalue weighted by Gasteiger charge is 2.19. The van der Waals surface area contributed by atoms with Crippen molar-refractivity contribution in [2.24, 2.45) is 0 Å². The molecular weight excluding hydrogens is 252 g/mol. The molecule has 104 valence electrons. The largest absolute Gasteiger partial charge is 0.393 e. The third-order valence-corrected chi connectivity index (χ3v) is 2.85. The molecule has 19 heavy (non-hydrogen) atoms. The van der Waals surface area contributed by atoms with Gasteiger partial charge in [0, 0.05) is 11.6 Å². The molecule has 0 spiro atoms. The summed E-state index contributed by atoms with van der Waals surface area (Å²) in [6.45, 7) is 1.94. The van der Waals surface area contributed by atoms with Gasteiger partial charge in [-0.2, -0.15) is 0 Å². The van der Waals surface area contributed by atoms with E-state index in [9.17, 15) is 25.3 Å². The van der Waals surface area contributed by atoms with Crippen LogP contribution in [-0.4, -0.2) is 21.1 Å². The first-order valence-corrected chi connectivity index (χ1v) is 6.05. The van der Waals surface area contributed by atoms with Crippen molar-refractivity contribution in [2.75, 3.05) is 0 Å². The lowest BCUT2D eigenvalue weighted by atomic mass is 10.0. The minimum absolute atomic E-state index is 0.266. The number of nitro groups is 2. The van der Waals surface area contributed by atoms with Crippen LogP contribution in [-0.2, 0) is 6.42 Å². The second kappa shape index (κ2) is 6.79. The normalized spacial score (nSPS) is 12.1. The lowest BCUT2D eigenvalue weighted by Gasteiger charge is -2.09. The van der Waals surface area contributed by atoms with Gasteiger partial charge in [0.05, 0.1) is 22.0 Å². The van der Waals surface area contributed by atoms with Gasteiger partial charge in [-0.15, -0.1) is 0 Å². The Morgan fingerprint density at radius 2 is 1.89 bits per heavy atom. The average molecular weight is 268 g/mol. The lowest BCUT2D eigenvalue weighted by Crippen LogP contribution is -2.08. The summed E-state index contributed by atoms with van der Waals surface area (Å²) in [4.78, 5) is 20.2. The third-order valence-electron chi connectivity index (χ3n) is 2.85. The summed E-state index contributed by atoms with van der Waals surface area (Å²) in [6.07, 6.45) is 1.71. The van der Waals surface area contributed by atoms with E-state index in [1.165, 1.54) is 12.1 Å². The Labute approximate surface area is 110 Å². The fourth-order valence-corrected chi connectivity index (χ4v) is 1.85. The van der Waals surface area contributed by atoms with Gasteiger partial charge in [0.15, 0.2) is 0 Å². The molecule has 1 rings (SSSR count). The van der Waals surface area contributed by atoms with E-state index in [2.05, 4.69) is 0 Å². The van der Waals surface area contributed by atoms with Crippen molar-refractivity contribution < 1.29 is 15.0 Å². The van der Waals surface area contributed by atoms with Gasteiger partial charge in [0.2, 0.25) is 0 Å². The molecule has 0 saturated carbocycles. The van der Waals surface area contributed by atoms with Crippen LogP contribution in [0, 0.1) is 20.2 Å². The van der Waals surface area contributed by atoms with Crippen LogP contribution in [0.15, 0.2) is 18.2 Å². The highest BCUT2D eigenvalue weighted by atomic mass is 16.6. The quantitative estimate of drug-likeness (QED) is 0.604. The third kappa shape index (κ3) is 4.29. The molecule has 1 N–H and O–H groups in total. The summed E-state index contributed by atoms with van der Waals surface area (Å²) in [5.74, 6) is 0. The zero-order valence-electron chi connectivity index (χ0n) is 10.6. The fourth-order valence-electron chi connectivity index (χ4n) is 1.85. The molecular formula is C12H16N2O5. The number of nitro benzene ring substituents is 2. The van der Waals surface area contributed by atoms with Crippen molar-refractivity contribution in [1.82, 2.24) is 0 Å². The van der Waals surface area contributed by atoms with Gasteiger partial charge in [-0.3, -0.25) is 20.2 Å². The Bertz CT molecular complexity index is 475. The van der Waals surface area contributed by atoms with Gasteiger partial charge in [-0.05, 0) is 25.3 Å². The van der Waals surface area contributed by atoms with Crippen LogP contribution < -0.4 is 0 Å². The number of aryl methyl sites for hydroxylation is 1. The van der Waals surface area contributed by atoms with E-state index in [1.807, 2.05) is 6.92 Å². The van der Waals surface area contributed by atoms with Gasteiger partial charge in [0.25, 0.3) is 11.4 Å². The topological polar surface area (TPSA) is 107 Å². The predicted octanol–water partition coefficient (Wildman–Crippen LogP) is 2.60. The average Bonchev–Trinajstić information content (AvgIpc) is 2.36. The SMILES string of the molecule is CCCC(O)CCc1ccc([N+](=O)[O-])cc1[N+](=O)[O-]. The minimum Gasteiger partial charge on any atom is -0.393 e. The van der Waals surface area contributed by atoms with E-state index in [1.54, 1.807) is 0 Å². The van der Waals surface area contributed by atoms with Crippen LogP contribution in [0.3, 0.4) is 0 Å². The number of hydrogen-bond donors (Lipinski definition) is 1. The monoisotopic (exact) mass is 268 g/mol. The number of rotatable bonds is 7. The predicted molar refractivity (Wildman–Crippen MR) is 69.0 cm³/mol. The molecule has 0 aromatic heterocycles. The van der Waals surface area contributed by atoms with Crippen molar-refractivity contribution in [3.63, 3.8) is 0 Å². The molecule has 0 aliphatic rings. The Hall–Kier alpha value is -2.02. The number of non-ortho nitro benzene ring substituents is 1. The standard InChI is InChI=1S/C12H16N2O5/c1-2-3-11(15)7-5-9-4-6-10(13(16)17)8-12(9)14(18)19/h4,6,8,11,15H,2-3,5,7H2,1H3. The number of hydrogen-bond acceptors (Lipinski definition) is 5. The maximum absolute atomic E-state index is 10.9. The fraction of sp³-hybridized carbons (Fsp3) is 0.500. The van der Waals surface area contributed by atoms with Crippen LogP contribution in [0.4, 0.5) is 11.4 Å². The second-order valence-electron chi connectivity index (χ2n) is 4.31. The molecule has 1 unspecified atom stereocenters. The van der Waals surface area contributed by atoms with Crippen molar-refractivity contribution in [2.45, 2.75) is 38.7 Å². The molecule has 1 aromatic carbocycles. The number of aliphatic hydroxyl groups excluding tert-OH is 1. The highest BCUT2D eigenvalue weighted by molar-refractivity contribution is 5.49. The van der Waals surface area contributed by atoms with E-state index in [-0.39, 0.29) is 11.4 Å². The summed E-state index contributed by atoms with van der Waals surface area (Å²) in [6, 6.07) is 3.59. The first kappa shape index (κ1) is 15.0. The molecule has 0 aliphatic carbocycles. The Morgan fingerprint density at radius 3 is 2.42 bits per heavy atom. The van der Waals surface area contributed by atoms with E-state index in [0.29, 0.717) is 24.8 Å². The summed E-state index contributed by atoms with van der Waals surface area (Å²) in [5, 5.41) is 31.1. The summed E-state index contributed by atoms with van der Waals surface area (Å²) in [7, 11) is 0. The Morgan fingerprint density at radius 1 is 1.21 bits per heavy atom. The molecule has 0 radical (unpaired) electrons. The molecule has 0 fully saturated rings. The first-order chi connectivity index (χ1) is 8.95. The van der Waals surface area contributed by atoms with Crippen LogP contribution in [0.1, 0.15) is 31.7 Å². The van der Waals surface area contributed by atoms with Crippen molar-refractivity contribution in [3.8, 4) is 0 Å². The van der Waals surface area contributed by atoms with E-state index >= 15 is 0 Å². The van der Waals surface area contributed by atoms with Crippen LogP contribution in [0.5, 0.6) is 0 Å². The molecule has 0 aliphatic heterocycles. The molecule has 7 heteroatoms. The van der Waals surface area contributed by atoms with Crippen molar-refractivity contribution in [1.29, 1.82) is 0 Å². The van der Waals surface area contributed by atoms with E-state index < -0.39 is 16.0 Å². The zero-order chi connectivity index (χ0) is 14.4. The smallest absolute Gasteiger partial charge is 0.279 e.